The van der Waals surface area contributed by atoms with Crippen molar-refractivity contribution in [1.29, 1.82) is 0 Å². The van der Waals surface area contributed by atoms with Crippen molar-refractivity contribution in [1.82, 2.24) is 4.98 Å². The highest BCUT2D eigenvalue weighted by atomic mass is 16.4. The average molecular weight is 335 g/mol. The molecule has 0 aliphatic carbocycles. The average Bonchev–Trinajstić information content (AvgIpc) is 2.59. The lowest BCUT2D eigenvalue weighted by Crippen LogP contribution is -2.25. The van der Waals surface area contributed by atoms with Crippen molar-refractivity contribution in [3.63, 3.8) is 0 Å². The fourth-order valence-electron chi connectivity index (χ4n) is 2.91. The Bertz CT molecular complexity index is 423. The zero-order valence-corrected chi connectivity index (χ0v) is 15.3. The van der Waals surface area contributed by atoms with Gasteiger partial charge in [0.1, 0.15) is 0 Å². The van der Waals surface area contributed by atoms with Crippen molar-refractivity contribution in [3.8, 4) is 0 Å². The zero-order valence-electron chi connectivity index (χ0n) is 15.3. The Balaban J connectivity index is 2.07. The van der Waals surface area contributed by atoms with Gasteiger partial charge in [0.25, 0.3) is 0 Å². The van der Waals surface area contributed by atoms with Crippen LogP contribution in [0.15, 0.2) is 24.5 Å². The second-order valence-corrected chi connectivity index (χ2v) is 6.52. The molecule has 0 aliphatic heterocycles. The molecule has 4 nitrogen and oxygen atoms in total. The van der Waals surface area contributed by atoms with Crippen molar-refractivity contribution in [2.24, 2.45) is 0 Å². The summed E-state index contributed by atoms with van der Waals surface area (Å²) < 4.78 is 0. The first-order valence-corrected chi connectivity index (χ1v) is 9.60. The molecule has 0 aromatic carbocycles. The van der Waals surface area contributed by atoms with E-state index < -0.39 is 5.97 Å². The largest absolute Gasteiger partial charge is 0.481 e. The van der Waals surface area contributed by atoms with Gasteiger partial charge in [0.05, 0.1) is 0 Å². The standard InChI is InChI=1S/C20H34N2O2/c1-2-3-17-22(19-13-15-21-16-14-19)18-11-9-7-5-4-6-8-10-12-20(23)24/h13-16H,2-12,17-18H2,1H3,(H,23,24). The lowest BCUT2D eigenvalue weighted by Gasteiger charge is -2.24. The van der Waals surface area contributed by atoms with Gasteiger partial charge in [-0.25, -0.2) is 0 Å². The molecule has 0 bridgehead atoms. The Morgan fingerprint density at radius 1 is 0.917 bits per heavy atom. The molecule has 4 heteroatoms. The monoisotopic (exact) mass is 334 g/mol. The molecule has 1 aromatic heterocycles. The van der Waals surface area contributed by atoms with Crippen LogP contribution in [0.1, 0.15) is 77.6 Å². The quantitative estimate of drug-likeness (QED) is 0.443. The van der Waals surface area contributed by atoms with E-state index in [0.29, 0.717) is 6.42 Å². The predicted octanol–water partition coefficient (Wildman–Crippen LogP) is 5.28. The van der Waals surface area contributed by atoms with Crippen LogP contribution in [0, 0.1) is 0 Å². The summed E-state index contributed by atoms with van der Waals surface area (Å²) in [5.74, 6) is -0.670. The van der Waals surface area contributed by atoms with Crippen molar-refractivity contribution >= 4 is 11.7 Å². The molecular formula is C20H34N2O2. The van der Waals surface area contributed by atoms with Gasteiger partial charge in [0.15, 0.2) is 0 Å². The molecule has 0 aliphatic rings. The molecule has 0 unspecified atom stereocenters. The summed E-state index contributed by atoms with van der Waals surface area (Å²) in [6.07, 6.45) is 15.9. The molecule has 0 saturated carbocycles. The van der Waals surface area contributed by atoms with E-state index in [-0.39, 0.29) is 0 Å². The molecule has 0 fully saturated rings. The minimum atomic E-state index is -0.670. The van der Waals surface area contributed by atoms with E-state index in [1.165, 1.54) is 57.1 Å². The van der Waals surface area contributed by atoms with E-state index in [1.54, 1.807) is 0 Å². The number of carboxylic acids is 1. The summed E-state index contributed by atoms with van der Waals surface area (Å²) in [6, 6.07) is 4.21. The number of aromatic nitrogens is 1. The van der Waals surface area contributed by atoms with Crippen LogP contribution in [0.3, 0.4) is 0 Å². The van der Waals surface area contributed by atoms with E-state index in [1.807, 2.05) is 12.4 Å². The molecule has 0 spiro atoms. The third-order valence-corrected chi connectivity index (χ3v) is 4.38. The molecular weight excluding hydrogens is 300 g/mol. The van der Waals surface area contributed by atoms with Crippen LogP contribution in [-0.4, -0.2) is 29.1 Å². The van der Waals surface area contributed by atoms with Crippen LogP contribution in [0.5, 0.6) is 0 Å². The third kappa shape index (κ3) is 10.2. The fraction of sp³-hybridized carbons (Fsp3) is 0.700. The maximum atomic E-state index is 10.4. The van der Waals surface area contributed by atoms with Gasteiger partial charge < -0.3 is 10.0 Å². The predicted molar refractivity (Wildman–Crippen MR) is 101 cm³/mol. The van der Waals surface area contributed by atoms with Crippen molar-refractivity contribution in [2.75, 3.05) is 18.0 Å². The second kappa shape index (κ2) is 13.8. The first-order chi connectivity index (χ1) is 11.7. The molecule has 1 aromatic rings. The van der Waals surface area contributed by atoms with E-state index in [9.17, 15) is 4.79 Å². The topological polar surface area (TPSA) is 53.4 Å². The summed E-state index contributed by atoms with van der Waals surface area (Å²) in [5, 5.41) is 8.59. The Labute approximate surface area is 147 Å². The molecule has 0 atom stereocenters. The van der Waals surface area contributed by atoms with Gasteiger partial charge in [-0.05, 0) is 31.4 Å². The number of hydrogen-bond acceptors (Lipinski definition) is 3. The minimum Gasteiger partial charge on any atom is -0.481 e. The first kappa shape index (κ1) is 20.5. The number of carboxylic acid groups (broad SMARTS) is 1. The zero-order chi connectivity index (χ0) is 17.5. The van der Waals surface area contributed by atoms with Gasteiger partial charge in [0.2, 0.25) is 0 Å². The van der Waals surface area contributed by atoms with E-state index in [0.717, 1.165) is 25.9 Å². The lowest BCUT2D eigenvalue weighted by atomic mass is 10.1. The Morgan fingerprint density at radius 3 is 2.04 bits per heavy atom. The number of nitrogens with zero attached hydrogens (tertiary/aromatic N) is 2. The second-order valence-electron chi connectivity index (χ2n) is 6.52. The number of hydrogen-bond donors (Lipinski definition) is 1. The number of pyridine rings is 1. The van der Waals surface area contributed by atoms with Gasteiger partial charge >= 0.3 is 5.97 Å². The summed E-state index contributed by atoms with van der Waals surface area (Å²) in [7, 11) is 0. The number of carbonyl (C=O) groups is 1. The van der Waals surface area contributed by atoms with E-state index in [4.69, 9.17) is 5.11 Å². The van der Waals surface area contributed by atoms with Gasteiger partial charge in [0, 0.05) is 37.6 Å². The Kier molecular flexibility index (Phi) is 11.8. The smallest absolute Gasteiger partial charge is 0.303 e. The maximum Gasteiger partial charge on any atom is 0.303 e. The van der Waals surface area contributed by atoms with Crippen molar-refractivity contribution in [2.45, 2.75) is 77.6 Å². The number of unbranched alkanes of at least 4 members (excludes halogenated alkanes) is 8. The van der Waals surface area contributed by atoms with E-state index >= 15 is 0 Å². The molecule has 1 N–H and O–H groups in total. The molecule has 136 valence electrons. The highest BCUT2D eigenvalue weighted by molar-refractivity contribution is 5.66. The fourth-order valence-corrected chi connectivity index (χ4v) is 2.91. The van der Waals surface area contributed by atoms with Crippen molar-refractivity contribution in [3.05, 3.63) is 24.5 Å². The van der Waals surface area contributed by atoms with Crippen LogP contribution in [0.4, 0.5) is 5.69 Å². The minimum absolute atomic E-state index is 0.322. The molecule has 1 heterocycles. The lowest BCUT2D eigenvalue weighted by molar-refractivity contribution is -0.137. The SMILES string of the molecule is CCCCN(CCCCCCCCCCC(=O)O)c1ccncc1. The Morgan fingerprint density at radius 2 is 1.46 bits per heavy atom. The normalized spacial score (nSPS) is 10.7. The summed E-state index contributed by atoms with van der Waals surface area (Å²) in [4.78, 5) is 17.0. The van der Waals surface area contributed by atoms with Crippen LogP contribution in [0.25, 0.3) is 0 Å². The van der Waals surface area contributed by atoms with Crippen LogP contribution in [0.2, 0.25) is 0 Å². The number of rotatable bonds is 15. The maximum absolute atomic E-state index is 10.4. The van der Waals surface area contributed by atoms with Crippen LogP contribution < -0.4 is 4.90 Å². The summed E-state index contributed by atoms with van der Waals surface area (Å²) in [5.41, 5.74) is 1.29. The molecule has 0 radical (unpaired) electrons. The van der Waals surface area contributed by atoms with Crippen LogP contribution in [-0.2, 0) is 4.79 Å². The molecule has 0 amide bonds. The van der Waals surface area contributed by atoms with Gasteiger partial charge in [-0.15, -0.1) is 0 Å². The first-order valence-electron chi connectivity index (χ1n) is 9.60. The summed E-state index contributed by atoms with van der Waals surface area (Å²) >= 11 is 0. The van der Waals surface area contributed by atoms with Gasteiger partial charge in [-0.2, -0.15) is 0 Å². The summed E-state index contributed by atoms with van der Waals surface area (Å²) in [6.45, 7) is 4.49. The highest BCUT2D eigenvalue weighted by Crippen LogP contribution is 2.15. The number of anilines is 1. The number of aliphatic carboxylic acids is 1. The van der Waals surface area contributed by atoms with Crippen molar-refractivity contribution < 1.29 is 9.90 Å². The highest BCUT2D eigenvalue weighted by Gasteiger charge is 2.05. The Hall–Kier alpha value is -1.58. The van der Waals surface area contributed by atoms with Crippen LogP contribution >= 0.6 is 0 Å². The molecule has 1 rings (SSSR count). The third-order valence-electron chi connectivity index (χ3n) is 4.38. The van der Waals surface area contributed by atoms with E-state index in [2.05, 4.69) is 28.9 Å². The van der Waals surface area contributed by atoms with Gasteiger partial charge in [-0.3, -0.25) is 9.78 Å². The molecule has 0 saturated heterocycles. The molecule has 24 heavy (non-hydrogen) atoms. The van der Waals surface area contributed by atoms with Gasteiger partial charge in [-0.1, -0.05) is 51.9 Å².